The van der Waals surface area contributed by atoms with Crippen LogP contribution in [0.4, 0.5) is 0 Å². The summed E-state index contributed by atoms with van der Waals surface area (Å²) >= 11 is 0. The number of rotatable bonds is 6. The number of amides is 1. The van der Waals surface area contributed by atoms with E-state index in [9.17, 15) is 4.79 Å². The second-order valence-corrected chi connectivity index (χ2v) is 3.45. The van der Waals surface area contributed by atoms with Crippen molar-refractivity contribution < 1.29 is 14.6 Å². The molecular weight excluding hydrogens is 206 g/mol. The van der Waals surface area contributed by atoms with Gasteiger partial charge in [0.25, 0.3) is 0 Å². The Morgan fingerprint density at radius 1 is 1.38 bits per heavy atom. The van der Waals surface area contributed by atoms with Gasteiger partial charge in [0.2, 0.25) is 5.91 Å². The molecule has 0 aliphatic rings. The molecule has 0 aliphatic carbocycles. The molecule has 16 heavy (non-hydrogen) atoms. The van der Waals surface area contributed by atoms with Gasteiger partial charge in [-0.05, 0) is 12.1 Å². The van der Waals surface area contributed by atoms with E-state index >= 15 is 0 Å². The molecule has 1 amide bonds. The third kappa shape index (κ3) is 4.31. The first-order chi connectivity index (χ1) is 7.74. The van der Waals surface area contributed by atoms with Crippen LogP contribution in [0.15, 0.2) is 30.3 Å². The molecule has 0 fully saturated rings. The van der Waals surface area contributed by atoms with Crippen LogP contribution >= 0.6 is 0 Å². The zero-order valence-corrected chi connectivity index (χ0v) is 9.43. The summed E-state index contributed by atoms with van der Waals surface area (Å²) < 4.78 is 5.39. The number of carbonyl (C=O) groups excluding carboxylic acids is 1. The predicted octanol–water partition coefficient (Wildman–Crippen LogP) is 0.906. The summed E-state index contributed by atoms with van der Waals surface area (Å²) in [5.74, 6) is 0.741. The summed E-state index contributed by atoms with van der Waals surface area (Å²) in [5, 5.41) is 8.66. The lowest BCUT2D eigenvalue weighted by molar-refractivity contribution is -0.130. The van der Waals surface area contributed by atoms with Gasteiger partial charge in [0.15, 0.2) is 0 Å². The number of hydrogen-bond donors (Lipinski definition) is 1. The van der Waals surface area contributed by atoms with Crippen LogP contribution in [0.25, 0.3) is 0 Å². The number of aliphatic hydroxyl groups excluding tert-OH is 1. The highest BCUT2D eigenvalue weighted by Gasteiger charge is 2.07. The Kier molecular flexibility index (Phi) is 5.36. The highest BCUT2D eigenvalue weighted by atomic mass is 16.5. The summed E-state index contributed by atoms with van der Waals surface area (Å²) in [4.78, 5) is 13.0. The average Bonchev–Trinajstić information content (AvgIpc) is 2.30. The molecule has 1 rings (SSSR count). The molecule has 0 aliphatic heterocycles. The minimum atomic E-state index is -0.0232. The van der Waals surface area contributed by atoms with Crippen molar-refractivity contribution in [3.8, 4) is 5.75 Å². The Morgan fingerprint density at radius 2 is 2.06 bits per heavy atom. The summed E-state index contributed by atoms with van der Waals surface area (Å²) in [5.41, 5.74) is 0. The molecule has 0 bridgehead atoms. The zero-order chi connectivity index (χ0) is 11.8. The number of aliphatic hydroxyl groups is 1. The molecule has 0 saturated carbocycles. The Labute approximate surface area is 95.5 Å². The lowest BCUT2D eigenvalue weighted by atomic mass is 10.3. The van der Waals surface area contributed by atoms with Crippen molar-refractivity contribution in [2.24, 2.45) is 0 Å². The Morgan fingerprint density at radius 3 is 2.69 bits per heavy atom. The molecule has 4 heteroatoms. The highest BCUT2D eigenvalue weighted by molar-refractivity contribution is 5.75. The molecule has 4 nitrogen and oxygen atoms in total. The standard InChI is InChI=1S/C12H17NO3/c1-13(8-9-14)12(15)7-10-16-11-5-3-2-4-6-11/h2-6,14H,7-10H2,1H3. The van der Waals surface area contributed by atoms with E-state index in [1.807, 2.05) is 30.3 Å². The zero-order valence-electron chi connectivity index (χ0n) is 9.43. The number of ether oxygens (including phenoxy) is 1. The summed E-state index contributed by atoms with van der Waals surface area (Å²) in [7, 11) is 1.67. The van der Waals surface area contributed by atoms with E-state index in [1.54, 1.807) is 7.05 Å². The molecule has 0 atom stereocenters. The van der Waals surface area contributed by atoms with Crippen LogP contribution in [0, 0.1) is 0 Å². The maximum atomic E-state index is 11.5. The molecule has 1 aromatic carbocycles. The Hall–Kier alpha value is -1.55. The van der Waals surface area contributed by atoms with E-state index in [0.717, 1.165) is 5.75 Å². The summed E-state index contributed by atoms with van der Waals surface area (Å²) in [6.07, 6.45) is 0.325. The lowest BCUT2D eigenvalue weighted by Crippen LogP contribution is -2.30. The fourth-order valence-electron chi connectivity index (χ4n) is 1.24. The quantitative estimate of drug-likeness (QED) is 0.779. The van der Waals surface area contributed by atoms with E-state index in [4.69, 9.17) is 9.84 Å². The van der Waals surface area contributed by atoms with Crippen LogP contribution in [0.1, 0.15) is 6.42 Å². The maximum absolute atomic E-state index is 11.5. The second-order valence-electron chi connectivity index (χ2n) is 3.45. The normalized spacial score (nSPS) is 9.88. The van der Waals surface area contributed by atoms with Gasteiger partial charge in [0.05, 0.1) is 19.6 Å². The first-order valence-corrected chi connectivity index (χ1v) is 5.26. The van der Waals surface area contributed by atoms with Gasteiger partial charge in [0.1, 0.15) is 5.75 Å². The first-order valence-electron chi connectivity index (χ1n) is 5.26. The molecular formula is C12H17NO3. The van der Waals surface area contributed by atoms with Crippen LogP contribution in [-0.4, -0.2) is 42.7 Å². The molecule has 0 radical (unpaired) electrons. The molecule has 88 valence electrons. The summed E-state index contributed by atoms with van der Waals surface area (Å²) in [6, 6.07) is 9.38. The number of hydrogen-bond acceptors (Lipinski definition) is 3. The SMILES string of the molecule is CN(CCO)C(=O)CCOc1ccccc1. The van der Waals surface area contributed by atoms with Crippen molar-refractivity contribution >= 4 is 5.91 Å². The van der Waals surface area contributed by atoms with Gasteiger partial charge < -0.3 is 14.7 Å². The molecule has 0 saturated heterocycles. The second kappa shape index (κ2) is 6.85. The van der Waals surface area contributed by atoms with E-state index < -0.39 is 0 Å². The van der Waals surface area contributed by atoms with Crippen molar-refractivity contribution in [2.45, 2.75) is 6.42 Å². The summed E-state index contributed by atoms with van der Waals surface area (Å²) in [6.45, 7) is 0.713. The number of carbonyl (C=O) groups is 1. The fourth-order valence-corrected chi connectivity index (χ4v) is 1.24. The van der Waals surface area contributed by atoms with E-state index in [0.29, 0.717) is 19.6 Å². The monoisotopic (exact) mass is 223 g/mol. The Balaban J connectivity index is 2.23. The topological polar surface area (TPSA) is 49.8 Å². The minimum absolute atomic E-state index is 0.0121. The third-order valence-corrected chi connectivity index (χ3v) is 2.19. The van der Waals surface area contributed by atoms with Crippen LogP contribution in [0.5, 0.6) is 5.75 Å². The van der Waals surface area contributed by atoms with Crippen molar-refractivity contribution in [2.75, 3.05) is 26.8 Å². The van der Waals surface area contributed by atoms with Gasteiger partial charge in [-0.2, -0.15) is 0 Å². The minimum Gasteiger partial charge on any atom is -0.493 e. The van der Waals surface area contributed by atoms with Crippen molar-refractivity contribution in [3.05, 3.63) is 30.3 Å². The van der Waals surface area contributed by atoms with Crippen LogP contribution in [-0.2, 0) is 4.79 Å². The largest absolute Gasteiger partial charge is 0.493 e. The van der Waals surface area contributed by atoms with Crippen molar-refractivity contribution in [1.82, 2.24) is 4.90 Å². The smallest absolute Gasteiger partial charge is 0.225 e. The fraction of sp³-hybridized carbons (Fsp3) is 0.417. The van der Waals surface area contributed by atoms with Crippen molar-refractivity contribution in [1.29, 1.82) is 0 Å². The van der Waals surface area contributed by atoms with Crippen LogP contribution in [0.3, 0.4) is 0 Å². The molecule has 1 aromatic rings. The number of nitrogens with zero attached hydrogens (tertiary/aromatic N) is 1. The molecule has 1 N–H and O–H groups in total. The molecule has 0 unspecified atom stereocenters. The number of likely N-dealkylation sites (N-methyl/N-ethyl adjacent to an activating group) is 1. The lowest BCUT2D eigenvalue weighted by Gasteiger charge is -2.15. The van der Waals surface area contributed by atoms with Gasteiger partial charge in [-0.1, -0.05) is 18.2 Å². The average molecular weight is 223 g/mol. The highest BCUT2D eigenvalue weighted by Crippen LogP contribution is 2.08. The molecule has 0 spiro atoms. The molecule has 0 aromatic heterocycles. The van der Waals surface area contributed by atoms with Crippen LogP contribution < -0.4 is 4.74 Å². The van der Waals surface area contributed by atoms with Gasteiger partial charge in [-0.15, -0.1) is 0 Å². The van der Waals surface area contributed by atoms with Gasteiger partial charge in [-0.3, -0.25) is 4.79 Å². The third-order valence-electron chi connectivity index (χ3n) is 2.19. The van der Waals surface area contributed by atoms with E-state index in [-0.39, 0.29) is 12.5 Å². The van der Waals surface area contributed by atoms with Gasteiger partial charge in [0, 0.05) is 13.6 Å². The molecule has 0 heterocycles. The first kappa shape index (κ1) is 12.5. The van der Waals surface area contributed by atoms with Gasteiger partial charge in [-0.25, -0.2) is 0 Å². The van der Waals surface area contributed by atoms with Crippen LogP contribution in [0.2, 0.25) is 0 Å². The maximum Gasteiger partial charge on any atom is 0.225 e. The number of para-hydroxylation sites is 1. The number of benzene rings is 1. The van der Waals surface area contributed by atoms with E-state index in [1.165, 1.54) is 4.90 Å². The van der Waals surface area contributed by atoms with Crippen molar-refractivity contribution in [3.63, 3.8) is 0 Å². The predicted molar refractivity (Wildman–Crippen MR) is 61.3 cm³/mol. The Bertz CT molecular complexity index is 313. The van der Waals surface area contributed by atoms with E-state index in [2.05, 4.69) is 0 Å². The van der Waals surface area contributed by atoms with Gasteiger partial charge >= 0.3 is 0 Å².